The Bertz CT molecular complexity index is 107. The molecule has 0 aromatic rings. The summed E-state index contributed by atoms with van der Waals surface area (Å²) in [6.45, 7) is 13.3. The monoisotopic (exact) mass is 154 g/mol. The average Bonchev–Trinajstić information content (AvgIpc) is 2.04. The molecule has 0 aliphatic carbocycles. The van der Waals surface area contributed by atoms with Gasteiger partial charge in [0.1, 0.15) is 0 Å². The van der Waals surface area contributed by atoms with E-state index in [4.69, 9.17) is 0 Å². The summed E-state index contributed by atoms with van der Waals surface area (Å²) in [5.74, 6) is 0. The lowest BCUT2D eigenvalue weighted by atomic mass is 10.2. The van der Waals surface area contributed by atoms with Crippen molar-refractivity contribution in [2.45, 2.75) is 34.6 Å². The van der Waals surface area contributed by atoms with Crippen LogP contribution in [-0.2, 0) is 0 Å². The normalized spacial score (nSPS) is 8.45. The topological polar surface area (TPSA) is 0 Å². The lowest BCUT2D eigenvalue weighted by molar-refractivity contribution is 1.15. The Balaban J connectivity index is -0.000000196. The highest BCUT2D eigenvalue weighted by atomic mass is 13.8. The summed E-state index contributed by atoms with van der Waals surface area (Å²) < 4.78 is 0. The Kier molecular flexibility index (Phi) is 24.4. The molecule has 0 atom stereocenters. The maximum Gasteiger partial charge on any atom is -0.0308 e. The molecule has 0 heterocycles. The Labute approximate surface area is 72.3 Å². The SMILES string of the molecule is C.C=C/C=C(\C=C)CC.CC. The first kappa shape index (κ1) is 16.7. The Hall–Kier alpha value is -0.780. The highest BCUT2D eigenvalue weighted by Crippen LogP contribution is 1.99. The van der Waals surface area contributed by atoms with Crippen LogP contribution in [0.4, 0.5) is 0 Å². The molecule has 0 bridgehead atoms. The molecule has 0 nitrogen and oxygen atoms in total. The van der Waals surface area contributed by atoms with Crippen molar-refractivity contribution in [1.29, 1.82) is 0 Å². The summed E-state index contributed by atoms with van der Waals surface area (Å²) in [5.41, 5.74) is 1.24. The third-order valence-electron chi connectivity index (χ3n) is 1.00. The van der Waals surface area contributed by atoms with Crippen molar-refractivity contribution in [2.75, 3.05) is 0 Å². The van der Waals surface area contributed by atoms with Crippen LogP contribution >= 0.6 is 0 Å². The van der Waals surface area contributed by atoms with Gasteiger partial charge in [0.15, 0.2) is 0 Å². The molecule has 0 aromatic carbocycles. The van der Waals surface area contributed by atoms with Crippen LogP contribution in [0.2, 0.25) is 0 Å². The lowest BCUT2D eigenvalue weighted by Gasteiger charge is -1.89. The summed E-state index contributed by atoms with van der Waals surface area (Å²) in [6.07, 6.45) is 6.63. The highest BCUT2D eigenvalue weighted by Gasteiger charge is 1.79. The van der Waals surface area contributed by atoms with E-state index in [-0.39, 0.29) is 7.43 Å². The van der Waals surface area contributed by atoms with Crippen molar-refractivity contribution in [2.24, 2.45) is 0 Å². The first-order chi connectivity index (χ1) is 4.85. The van der Waals surface area contributed by atoms with Gasteiger partial charge in [0.05, 0.1) is 0 Å². The van der Waals surface area contributed by atoms with Crippen molar-refractivity contribution in [3.05, 3.63) is 37.0 Å². The van der Waals surface area contributed by atoms with E-state index in [1.165, 1.54) is 5.57 Å². The zero-order valence-electron chi connectivity index (χ0n) is 7.35. The summed E-state index contributed by atoms with van der Waals surface area (Å²) in [4.78, 5) is 0. The fourth-order valence-corrected chi connectivity index (χ4v) is 0.482. The largest absolute Gasteiger partial charge is 0.0991 e. The molecule has 66 valence electrons. The minimum Gasteiger partial charge on any atom is -0.0991 e. The van der Waals surface area contributed by atoms with Crippen LogP contribution in [0, 0.1) is 0 Å². The second-order valence-electron chi connectivity index (χ2n) is 1.53. The van der Waals surface area contributed by atoms with E-state index in [1.54, 1.807) is 6.08 Å². The molecule has 0 spiro atoms. The van der Waals surface area contributed by atoms with Gasteiger partial charge in [-0.15, -0.1) is 0 Å². The van der Waals surface area contributed by atoms with Crippen LogP contribution in [0.1, 0.15) is 34.6 Å². The standard InChI is InChI=1S/C8H12.C2H6.CH4/c1-4-7-8(5-2)6-3;1-2;/h4-5,7H,1-2,6H2,3H3;1-2H3;1H4/b8-7+;;. The molecule has 0 fully saturated rings. The van der Waals surface area contributed by atoms with Gasteiger partial charge in [-0.05, 0) is 12.0 Å². The number of rotatable bonds is 3. The Morgan fingerprint density at radius 3 is 1.82 bits per heavy atom. The van der Waals surface area contributed by atoms with E-state index in [0.29, 0.717) is 0 Å². The van der Waals surface area contributed by atoms with Crippen molar-refractivity contribution in [3.63, 3.8) is 0 Å². The average molecular weight is 154 g/mol. The molecule has 0 rings (SSSR count). The van der Waals surface area contributed by atoms with Crippen molar-refractivity contribution >= 4 is 0 Å². The number of allylic oxidation sites excluding steroid dienone is 4. The van der Waals surface area contributed by atoms with Crippen LogP contribution in [-0.4, -0.2) is 0 Å². The van der Waals surface area contributed by atoms with Gasteiger partial charge >= 0.3 is 0 Å². The fraction of sp³-hybridized carbons (Fsp3) is 0.455. The van der Waals surface area contributed by atoms with E-state index < -0.39 is 0 Å². The molecule has 0 amide bonds. The molecule has 0 saturated carbocycles. The van der Waals surface area contributed by atoms with E-state index in [0.717, 1.165) is 6.42 Å². The minimum atomic E-state index is 0. The number of hydrogen-bond donors (Lipinski definition) is 0. The smallest absolute Gasteiger partial charge is 0.0308 e. The third-order valence-corrected chi connectivity index (χ3v) is 1.00. The summed E-state index contributed by atoms with van der Waals surface area (Å²) in [7, 11) is 0. The molecule has 0 aliphatic heterocycles. The maximum atomic E-state index is 3.63. The second-order valence-corrected chi connectivity index (χ2v) is 1.53. The molecule has 0 saturated heterocycles. The van der Waals surface area contributed by atoms with E-state index in [1.807, 2.05) is 26.0 Å². The quantitative estimate of drug-likeness (QED) is 0.530. The molecule has 11 heavy (non-hydrogen) atoms. The third kappa shape index (κ3) is 12.4. The van der Waals surface area contributed by atoms with Crippen LogP contribution in [0.5, 0.6) is 0 Å². The van der Waals surface area contributed by atoms with Crippen molar-refractivity contribution in [1.82, 2.24) is 0 Å². The summed E-state index contributed by atoms with van der Waals surface area (Å²) in [5, 5.41) is 0. The first-order valence-electron chi connectivity index (χ1n) is 3.79. The predicted molar refractivity (Wildman–Crippen MR) is 56.8 cm³/mol. The summed E-state index contributed by atoms with van der Waals surface area (Å²) in [6, 6.07) is 0. The predicted octanol–water partition coefficient (Wildman–Crippen LogP) is 4.36. The molecule has 0 aliphatic rings. The Morgan fingerprint density at radius 2 is 1.73 bits per heavy atom. The zero-order valence-corrected chi connectivity index (χ0v) is 7.35. The van der Waals surface area contributed by atoms with Crippen LogP contribution in [0.3, 0.4) is 0 Å². The van der Waals surface area contributed by atoms with Gasteiger partial charge in [-0.2, -0.15) is 0 Å². The second kappa shape index (κ2) is 16.1. The molecular formula is C11H22. The summed E-state index contributed by atoms with van der Waals surface area (Å²) >= 11 is 0. The van der Waals surface area contributed by atoms with Gasteiger partial charge in [-0.25, -0.2) is 0 Å². The maximum absolute atomic E-state index is 3.63. The van der Waals surface area contributed by atoms with Gasteiger partial charge in [0.2, 0.25) is 0 Å². The Morgan fingerprint density at radius 1 is 1.27 bits per heavy atom. The zero-order chi connectivity index (χ0) is 8.41. The van der Waals surface area contributed by atoms with E-state index in [2.05, 4.69) is 20.1 Å². The molecule has 0 aromatic heterocycles. The van der Waals surface area contributed by atoms with E-state index >= 15 is 0 Å². The number of hydrogen-bond acceptors (Lipinski definition) is 0. The van der Waals surface area contributed by atoms with Crippen LogP contribution < -0.4 is 0 Å². The van der Waals surface area contributed by atoms with Gasteiger partial charge in [-0.3, -0.25) is 0 Å². The van der Waals surface area contributed by atoms with Crippen molar-refractivity contribution in [3.8, 4) is 0 Å². The molecule has 0 N–H and O–H groups in total. The van der Waals surface area contributed by atoms with Gasteiger partial charge in [0, 0.05) is 0 Å². The van der Waals surface area contributed by atoms with Gasteiger partial charge in [-0.1, -0.05) is 59.6 Å². The fourth-order valence-electron chi connectivity index (χ4n) is 0.482. The van der Waals surface area contributed by atoms with Crippen LogP contribution in [0.15, 0.2) is 37.0 Å². The van der Waals surface area contributed by atoms with Gasteiger partial charge in [0.25, 0.3) is 0 Å². The molecule has 0 heteroatoms. The van der Waals surface area contributed by atoms with Crippen LogP contribution in [0.25, 0.3) is 0 Å². The first-order valence-corrected chi connectivity index (χ1v) is 3.79. The highest BCUT2D eigenvalue weighted by molar-refractivity contribution is 5.20. The van der Waals surface area contributed by atoms with Crippen molar-refractivity contribution < 1.29 is 0 Å². The molecular weight excluding hydrogens is 132 g/mol. The van der Waals surface area contributed by atoms with E-state index in [9.17, 15) is 0 Å². The molecule has 0 unspecified atom stereocenters. The minimum absolute atomic E-state index is 0. The lowest BCUT2D eigenvalue weighted by Crippen LogP contribution is -1.68. The molecule has 0 radical (unpaired) electrons. The van der Waals surface area contributed by atoms with Gasteiger partial charge < -0.3 is 0 Å².